The average Bonchev–Trinajstić information content (AvgIpc) is 3.07. The maximum atomic E-state index is 9.15. The Hall–Kier alpha value is -0.0800. The minimum Gasteiger partial charge on any atom is -0.396 e. The molecule has 92 valence electrons. The van der Waals surface area contributed by atoms with Gasteiger partial charge in [0.2, 0.25) is 0 Å². The first kappa shape index (κ1) is 11.0. The van der Waals surface area contributed by atoms with Crippen LogP contribution in [0.2, 0.25) is 0 Å². The fourth-order valence-electron chi connectivity index (χ4n) is 3.39. The van der Waals surface area contributed by atoms with Gasteiger partial charge in [0.15, 0.2) is 0 Å². The highest BCUT2D eigenvalue weighted by atomic mass is 16.3. The van der Waals surface area contributed by atoms with Gasteiger partial charge in [0.05, 0.1) is 0 Å². The van der Waals surface area contributed by atoms with Crippen molar-refractivity contribution in [3.63, 3.8) is 0 Å². The third-order valence-electron chi connectivity index (χ3n) is 5.03. The number of hydrogen-bond acceptors (Lipinski definition) is 2. The zero-order valence-electron chi connectivity index (χ0n) is 10.3. The van der Waals surface area contributed by atoms with Crippen molar-refractivity contribution in [3.05, 3.63) is 0 Å². The SMILES string of the molecule is OCCC1(CNC(C2CC2)C2CC2)CCC1. The number of hydrogen-bond donors (Lipinski definition) is 2. The van der Waals surface area contributed by atoms with E-state index in [4.69, 9.17) is 5.11 Å². The lowest BCUT2D eigenvalue weighted by Crippen LogP contribution is -2.45. The van der Waals surface area contributed by atoms with E-state index in [2.05, 4.69) is 5.32 Å². The molecule has 0 aromatic heterocycles. The van der Waals surface area contributed by atoms with Crippen molar-refractivity contribution in [3.8, 4) is 0 Å². The zero-order valence-corrected chi connectivity index (χ0v) is 10.3. The molecule has 3 aliphatic rings. The van der Waals surface area contributed by atoms with E-state index in [1.807, 2.05) is 0 Å². The highest BCUT2D eigenvalue weighted by Gasteiger charge is 2.43. The molecular weight excluding hydrogens is 198 g/mol. The van der Waals surface area contributed by atoms with Crippen LogP contribution in [0, 0.1) is 17.3 Å². The van der Waals surface area contributed by atoms with Gasteiger partial charge in [-0.05, 0) is 62.2 Å². The summed E-state index contributed by atoms with van der Waals surface area (Å²) in [6.45, 7) is 1.55. The standard InChI is InChI=1S/C14H25NO/c16-9-8-14(6-1-7-14)10-15-13(11-2-3-11)12-4-5-12/h11-13,15-16H,1-10H2. The van der Waals surface area contributed by atoms with Crippen molar-refractivity contribution < 1.29 is 5.11 Å². The molecule has 0 amide bonds. The molecule has 3 aliphatic carbocycles. The number of aliphatic hydroxyl groups is 1. The summed E-state index contributed by atoms with van der Waals surface area (Å²) in [5, 5.41) is 13.0. The molecule has 0 radical (unpaired) electrons. The van der Waals surface area contributed by atoms with Crippen molar-refractivity contribution in [1.82, 2.24) is 5.32 Å². The Labute approximate surface area is 98.8 Å². The van der Waals surface area contributed by atoms with E-state index in [1.165, 1.54) is 51.5 Å². The first-order valence-corrected chi connectivity index (χ1v) is 7.17. The van der Waals surface area contributed by atoms with Gasteiger partial charge in [-0.1, -0.05) is 6.42 Å². The molecule has 0 aromatic rings. The van der Waals surface area contributed by atoms with Crippen molar-refractivity contribution in [1.29, 1.82) is 0 Å². The van der Waals surface area contributed by atoms with Crippen molar-refractivity contribution in [2.75, 3.05) is 13.2 Å². The van der Waals surface area contributed by atoms with Gasteiger partial charge in [0.1, 0.15) is 0 Å². The fraction of sp³-hybridized carbons (Fsp3) is 1.00. The molecule has 0 saturated heterocycles. The molecule has 0 unspecified atom stereocenters. The van der Waals surface area contributed by atoms with Crippen LogP contribution in [0.4, 0.5) is 0 Å². The number of aliphatic hydroxyl groups excluding tert-OH is 1. The van der Waals surface area contributed by atoms with Crippen LogP contribution >= 0.6 is 0 Å². The molecule has 0 atom stereocenters. The molecule has 2 nitrogen and oxygen atoms in total. The van der Waals surface area contributed by atoms with Gasteiger partial charge < -0.3 is 10.4 Å². The topological polar surface area (TPSA) is 32.3 Å². The number of rotatable bonds is 7. The molecule has 0 aromatic carbocycles. The lowest BCUT2D eigenvalue weighted by molar-refractivity contribution is 0.0804. The van der Waals surface area contributed by atoms with Gasteiger partial charge in [0, 0.05) is 19.2 Å². The maximum absolute atomic E-state index is 9.15. The van der Waals surface area contributed by atoms with Gasteiger partial charge in [-0.25, -0.2) is 0 Å². The summed E-state index contributed by atoms with van der Waals surface area (Å²) >= 11 is 0. The Bertz CT molecular complexity index is 229. The van der Waals surface area contributed by atoms with E-state index in [1.54, 1.807) is 0 Å². The summed E-state index contributed by atoms with van der Waals surface area (Å²) in [6.07, 6.45) is 10.9. The van der Waals surface area contributed by atoms with Crippen LogP contribution in [-0.4, -0.2) is 24.3 Å². The fourth-order valence-corrected chi connectivity index (χ4v) is 3.39. The summed E-state index contributed by atoms with van der Waals surface area (Å²) in [6, 6.07) is 0.830. The molecule has 3 rings (SSSR count). The lowest BCUT2D eigenvalue weighted by Gasteiger charge is -2.43. The van der Waals surface area contributed by atoms with Crippen LogP contribution in [0.15, 0.2) is 0 Å². The normalized spacial score (nSPS) is 28.1. The van der Waals surface area contributed by atoms with Crippen LogP contribution < -0.4 is 5.32 Å². The van der Waals surface area contributed by atoms with E-state index in [0.717, 1.165) is 24.3 Å². The second kappa shape index (κ2) is 4.30. The largest absolute Gasteiger partial charge is 0.396 e. The highest BCUT2D eigenvalue weighted by molar-refractivity contribution is 4.98. The van der Waals surface area contributed by atoms with E-state index < -0.39 is 0 Å². The first-order chi connectivity index (χ1) is 7.83. The molecule has 16 heavy (non-hydrogen) atoms. The molecule has 0 spiro atoms. The van der Waals surface area contributed by atoms with E-state index >= 15 is 0 Å². The predicted molar refractivity (Wildman–Crippen MR) is 65.2 cm³/mol. The zero-order chi connectivity index (χ0) is 11.0. The van der Waals surface area contributed by atoms with Crippen molar-refractivity contribution >= 4 is 0 Å². The van der Waals surface area contributed by atoms with Crippen LogP contribution in [0.5, 0.6) is 0 Å². The summed E-state index contributed by atoms with van der Waals surface area (Å²) < 4.78 is 0. The van der Waals surface area contributed by atoms with Crippen LogP contribution in [0.25, 0.3) is 0 Å². The van der Waals surface area contributed by atoms with Gasteiger partial charge in [-0.15, -0.1) is 0 Å². The summed E-state index contributed by atoms with van der Waals surface area (Å²) in [5.74, 6) is 2.00. The summed E-state index contributed by atoms with van der Waals surface area (Å²) in [5.41, 5.74) is 0.469. The molecule has 0 aliphatic heterocycles. The highest BCUT2D eigenvalue weighted by Crippen LogP contribution is 2.47. The smallest absolute Gasteiger partial charge is 0.0436 e. The van der Waals surface area contributed by atoms with E-state index in [9.17, 15) is 0 Å². The second-order valence-corrected chi connectivity index (χ2v) is 6.41. The second-order valence-electron chi connectivity index (χ2n) is 6.41. The molecule has 0 bridgehead atoms. The third kappa shape index (κ3) is 2.28. The Morgan fingerprint density at radius 3 is 2.12 bits per heavy atom. The van der Waals surface area contributed by atoms with Crippen LogP contribution in [0.1, 0.15) is 51.4 Å². The predicted octanol–water partition coefficient (Wildman–Crippen LogP) is 2.32. The van der Waals surface area contributed by atoms with Gasteiger partial charge in [-0.2, -0.15) is 0 Å². The van der Waals surface area contributed by atoms with Gasteiger partial charge in [0.25, 0.3) is 0 Å². The third-order valence-corrected chi connectivity index (χ3v) is 5.03. The Balaban J connectivity index is 1.49. The maximum Gasteiger partial charge on any atom is 0.0436 e. The molecule has 2 N–H and O–H groups in total. The van der Waals surface area contributed by atoms with E-state index in [0.29, 0.717) is 12.0 Å². The summed E-state index contributed by atoms with van der Waals surface area (Å²) in [4.78, 5) is 0. The quantitative estimate of drug-likeness (QED) is 0.694. The lowest BCUT2D eigenvalue weighted by atomic mass is 9.66. The van der Waals surface area contributed by atoms with E-state index in [-0.39, 0.29) is 0 Å². The number of nitrogens with one attached hydrogen (secondary N) is 1. The van der Waals surface area contributed by atoms with Crippen molar-refractivity contribution in [2.45, 2.75) is 57.4 Å². The van der Waals surface area contributed by atoms with Crippen molar-refractivity contribution in [2.24, 2.45) is 17.3 Å². The minimum absolute atomic E-state index is 0.374. The van der Waals surface area contributed by atoms with Gasteiger partial charge >= 0.3 is 0 Å². The molecule has 3 fully saturated rings. The molecule has 0 heterocycles. The molecular formula is C14H25NO. The Kier molecular flexibility index (Phi) is 2.97. The average molecular weight is 223 g/mol. The Morgan fingerprint density at radius 2 is 1.75 bits per heavy atom. The minimum atomic E-state index is 0.374. The van der Waals surface area contributed by atoms with Crippen LogP contribution in [0.3, 0.4) is 0 Å². The molecule has 3 saturated carbocycles. The molecule has 2 heteroatoms. The van der Waals surface area contributed by atoms with Crippen LogP contribution in [-0.2, 0) is 0 Å². The van der Waals surface area contributed by atoms with Gasteiger partial charge in [-0.3, -0.25) is 0 Å². The monoisotopic (exact) mass is 223 g/mol. The first-order valence-electron chi connectivity index (χ1n) is 7.17. The summed E-state index contributed by atoms with van der Waals surface area (Å²) in [7, 11) is 0. The Morgan fingerprint density at radius 1 is 1.12 bits per heavy atom.